The van der Waals surface area contributed by atoms with Gasteiger partial charge in [-0.2, -0.15) is 4.37 Å². The highest BCUT2D eigenvalue weighted by molar-refractivity contribution is 8.00. The molecule has 100 valence electrons. The molecule has 1 aromatic carbocycles. The lowest BCUT2D eigenvalue weighted by Gasteiger charge is -2.01. The molecule has 0 bridgehead atoms. The molecule has 1 amide bonds. The molecule has 2 aromatic rings. The van der Waals surface area contributed by atoms with Gasteiger partial charge in [0, 0.05) is 11.3 Å². The van der Waals surface area contributed by atoms with E-state index in [0.717, 1.165) is 16.5 Å². The zero-order valence-electron chi connectivity index (χ0n) is 10.6. The first kappa shape index (κ1) is 14.0. The molecule has 1 N–H and O–H groups in total. The maximum Gasteiger partial charge on any atom is 0.251 e. The van der Waals surface area contributed by atoms with Crippen molar-refractivity contribution in [1.82, 2.24) is 14.7 Å². The Kier molecular flexibility index (Phi) is 5.35. The SMILES string of the molecule is CCCSc1nc(CNC(=O)c2ccccc2)ns1. The Morgan fingerprint density at radius 1 is 1.37 bits per heavy atom. The van der Waals surface area contributed by atoms with Gasteiger partial charge in [-0.1, -0.05) is 36.9 Å². The number of carbonyl (C=O) groups is 1. The molecule has 19 heavy (non-hydrogen) atoms. The molecular formula is C13H15N3OS2. The summed E-state index contributed by atoms with van der Waals surface area (Å²) in [5, 5.41) is 2.82. The van der Waals surface area contributed by atoms with Crippen LogP contribution in [0.25, 0.3) is 0 Å². The van der Waals surface area contributed by atoms with Gasteiger partial charge >= 0.3 is 0 Å². The van der Waals surface area contributed by atoms with Crippen LogP contribution in [0.3, 0.4) is 0 Å². The smallest absolute Gasteiger partial charge is 0.251 e. The zero-order valence-corrected chi connectivity index (χ0v) is 12.3. The van der Waals surface area contributed by atoms with E-state index in [0.29, 0.717) is 17.9 Å². The molecule has 6 heteroatoms. The summed E-state index contributed by atoms with van der Waals surface area (Å²) in [6, 6.07) is 9.14. The summed E-state index contributed by atoms with van der Waals surface area (Å²) in [6.45, 7) is 2.51. The summed E-state index contributed by atoms with van der Waals surface area (Å²) >= 11 is 3.09. The molecule has 4 nitrogen and oxygen atoms in total. The molecule has 2 rings (SSSR count). The molecule has 0 saturated carbocycles. The van der Waals surface area contributed by atoms with E-state index in [9.17, 15) is 4.79 Å². The molecular weight excluding hydrogens is 278 g/mol. The van der Waals surface area contributed by atoms with E-state index in [1.165, 1.54) is 11.5 Å². The fraction of sp³-hybridized carbons (Fsp3) is 0.308. The maximum atomic E-state index is 11.8. The van der Waals surface area contributed by atoms with Crippen LogP contribution in [0.2, 0.25) is 0 Å². The first-order valence-corrected chi connectivity index (χ1v) is 7.84. The summed E-state index contributed by atoms with van der Waals surface area (Å²) < 4.78 is 5.19. The predicted octanol–water partition coefficient (Wildman–Crippen LogP) is 2.97. The first-order chi connectivity index (χ1) is 9.29. The van der Waals surface area contributed by atoms with Crippen LogP contribution in [0.15, 0.2) is 34.7 Å². The molecule has 0 aliphatic rings. The van der Waals surface area contributed by atoms with E-state index < -0.39 is 0 Å². The largest absolute Gasteiger partial charge is 0.345 e. The molecule has 0 radical (unpaired) electrons. The zero-order chi connectivity index (χ0) is 13.5. The van der Waals surface area contributed by atoms with Crippen LogP contribution in [0.1, 0.15) is 29.5 Å². The van der Waals surface area contributed by atoms with Crippen LogP contribution in [0.5, 0.6) is 0 Å². The number of nitrogens with one attached hydrogen (secondary N) is 1. The molecule has 0 aliphatic heterocycles. The predicted molar refractivity (Wildman–Crippen MR) is 78.5 cm³/mol. The van der Waals surface area contributed by atoms with Crippen molar-refractivity contribution in [2.75, 3.05) is 5.75 Å². The average Bonchev–Trinajstić information content (AvgIpc) is 2.91. The Hall–Kier alpha value is -1.40. The number of aromatic nitrogens is 2. The van der Waals surface area contributed by atoms with Gasteiger partial charge in [-0.25, -0.2) is 4.98 Å². The molecule has 0 atom stereocenters. The van der Waals surface area contributed by atoms with Crippen molar-refractivity contribution in [3.05, 3.63) is 41.7 Å². The monoisotopic (exact) mass is 293 g/mol. The Morgan fingerprint density at radius 3 is 2.89 bits per heavy atom. The van der Waals surface area contributed by atoms with Gasteiger partial charge in [-0.15, -0.1) is 0 Å². The van der Waals surface area contributed by atoms with Gasteiger partial charge in [0.15, 0.2) is 10.2 Å². The third-order valence-corrected chi connectivity index (χ3v) is 4.40. The topological polar surface area (TPSA) is 54.9 Å². The van der Waals surface area contributed by atoms with Crippen LogP contribution >= 0.6 is 23.3 Å². The molecule has 0 saturated heterocycles. The molecule has 0 spiro atoms. The van der Waals surface area contributed by atoms with Gasteiger partial charge in [-0.3, -0.25) is 4.79 Å². The van der Waals surface area contributed by atoms with Gasteiger partial charge in [0.1, 0.15) is 0 Å². The van der Waals surface area contributed by atoms with Gasteiger partial charge < -0.3 is 5.32 Å². The van der Waals surface area contributed by atoms with Gasteiger partial charge in [0.05, 0.1) is 6.54 Å². The highest BCUT2D eigenvalue weighted by atomic mass is 32.2. The lowest BCUT2D eigenvalue weighted by atomic mass is 10.2. The van der Waals surface area contributed by atoms with Crippen LogP contribution in [0, 0.1) is 0 Å². The minimum absolute atomic E-state index is 0.0989. The standard InChI is InChI=1S/C13H15N3OS2/c1-2-8-18-13-15-11(16-19-13)9-14-12(17)10-6-4-3-5-7-10/h3-7H,2,8-9H2,1H3,(H,14,17). The summed E-state index contributed by atoms with van der Waals surface area (Å²) in [5.74, 6) is 1.62. The molecule has 1 aromatic heterocycles. The van der Waals surface area contributed by atoms with Crippen molar-refractivity contribution in [2.24, 2.45) is 0 Å². The Bertz CT molecular complexity index is 528. The fourth-order valence-corrected chi connectivity index (χ4v) is 2.96. The van der Waals surface area contributed by atoms with E-state index in [1.54, 1.807) is 23.9 Å². The van der Waals surface area contributed by atoms with Crippen LogP contribution in [0.4, 0.5) is 0 Å². The first-order valence-electron chi connectivity index (χ1n) is 6.08. The number of amides is 1. The second-order valence-corrected chi connectivity index (χ2v) is 5.97. The van der Waals surface area contributed by atoms with E-state index in [2.05, 4.69) is 21.6 Å². The van der Waals surface area contributed by atoms with E-state index in [1.807, 2.05) is 18.2 Å². The van der Waals surface area contributed by atoms with Gasteiger partial charge in [0.25, 0.3) is 5.91 Å². The summed E-state index contributed by atoms with van der Waals surface area (Å²) in [7, 11) is 0. The fourth-order valence-electron chi connectivity index (χ4n) is 1.41. The number of hydrogen-bond donors (Lipinski definition) is 1. The minimum atomic E-state index is -0.0989. The quantitative estimate of drug-likeness (QED) is 0.832. The van der Waals surface area contributed by atoms with Crippen molar-refractivity contribution in [2.45, 2.75) is 24.2 Å². The second-order valence-electron chi connectivity index (χ2n) is 3.87. The highest BCUT2D eigenvalue weighted by Gasteiger charge is 2.07. The number of carbonyl (C=O) groups excluding carboxylic acids is 1. The Morgan fingerprint density at radius 2 is 2.16 bits per heavy atom. The maximum absolute atomic E-state index is 11.8. The average molecular weight is 293 g/mol. The van der Waals surface area contributed by atoms with E-state index in [4.69, 9.17) is 0 Å². The van der Waals surface area contributed by atoms with Gasteiger partial charge in [-0.05, 0) is 30.1 Å². The van der Waals surface area contributed by atoms with Crippen molar-refractivity contribution in [1.29, 1.82) is 0 Å². The molecule has 0 aliphatic carbocycles. The van der Waals surface area contributed by atoms with Gasteiger partial charge in [0.2, 0.25) is 0 Å². The van der Waals surface area contributed by atoms with E-state index in [-0.39, 0.29) is 5.91 Å². The molecule has 1 heterocycles. The minimum Gasteiger partial charge on any atom is -0.345 e. The highest BCUT2D eigenvalue weighted by Crippen LogP contribution is 2.20. The lowest BCUT2D eigenvalue weighted by Crippen LogP contribution is -2.23. The normalized spacial score (nSPS) is 10.4. The van der Waals surface area contributed by atoms with Crippen molar-refractivity contribution < 1.29 is 4.79 Å². The second kappa shape index (κ2) is 7.25. The summed E-state index contributed by atoms with van der Waals surface area (Å²) in [5.41, 5.74) is 0.651. The summed E-state index contributed by atoms with van der Waals surface area (Å²) in [6.07, 6.45) is 1.12. The molecule has 0 fully saturated rings. The van der Waals surface area contributed by atoms with Crippen LogP contribution in [-0.2, 0) is 6.54 Å². The van der Waals surface area contributed by atoms with Crippen molar-refractivity contribution >= 4 is 29.2 Å². The Balaban J connectivity index is 1.85. The van der Waals surface area contributed by atoms with E-state index >= 15 is 0 Å². The number of rotatable bonds is 6. The third kappa shape index (κ3) is 4.33. The van der Waals surface area contributed by atoms with Crippen LogP contribution in [-0.4, -0.2) is 21.0 Å². The third-order valence-electron chi connectivity index (χ3n) is 2.32. The number of thioether (sulfide) groups is 1. The molecule has 0 unspecified atom stereocenters. The number of benzene rings is 1. The van der Waals surface area contributed by atoms with Crippen molar-refractivity contribution in [3.8, 4) is 0 Å². The lowest BCUT2D eigenvalue weighted by molar-refractivity contribution is 0.0950. The summed E-state index contributed by atoms with van der Waals surface area (Å²) in [4.78, 5) is 16.2. The number of hydrogen-bond acceptors (Lipinski definition) is 5. The Labute approximate surface area is 120 Å². The van der Waals surface area contributed by atoms with Crippen molar-refractivity contribution in [3.63, 3.8) is 0 Å². The van der Waals surface area contributed by atoms with Crippen LogP contribution < -0.4 is 5.32 Å². The number of nitrogens with zero attached hydrogens (tertiary/aromatic N) is 2.